The number of anilines is 1. The molecule has 0 aliphatic carbocycles. The molecule has 1 unspecified atom stereocenters. The summed E-state index contributed by atoms with van der Waals surface area (Å²) in [7, 11) is 0. The molecule has 0 radical (unpaired) electrons. The topological polar surface area (TPSA) is 65.0 Å². The molecule has 0 saturated carbocycles. The van der Waals surface area contributed by atoms with Gasteiger partial charge < -0.3 is 9.27 Å². The second-order valence-corrected chi connectivity index (χ2v) is 3.39. The van der Waals surface area contributed by atoms with Gasteiger partial charge >= 0.3 is 0 Å². The molecule has 1 heterocycles. The van der Waals surface area contributed by atoms with Crippen LogP contribution < -0.4 is 4.72 Å². The van der Waals surface area contributed by atoms with Crippen LogP contribution in [-0.2, 0) is 11.3 Å². The Hall–Kier alpha value is -1.46. The van der Waals surface area contributed by atoms with Crippen LogP contribution in [0.5, 0.6) is 0 Å². The van der Waals surface area contributed by atoms with Gasteiger partial charge in [-0.15, -0.1) is 0 Å². The Morgan fingerprint density at radius 2 is 2.07 bits per heavy atom. The molecular weight excluding hydrogens is 200 g/mol. The molecule has 0 fully saturated rings. The van der Waals surface area contributed by atoms with Crippen molar-refractivity contribution in [2.75, 3.05) is 4.72 Å². The lowest BCUT2D eigenvalue weighted by Gasteiger charge is -2.10. The van der Waals surface area contributed by atoms with Crippen LogP contribution in [0.25, 0.3) is 10.9 Å². The minimum atomic E-state index is -2.30. The van der Waals surface area contributed by atoms with E-state index in [9.17, 15) is 8.76 Å². The quantitative estimate of drug-likeness (QED) is 0.758. The van der Waals surface area contributed by atoms with Crippen molar-refractivity contribution in [1.82, 2.24) is 4.98 Å². The maximum atomic E-state index is 10.5. The molecule has 1 aromatic carbocycles. The predicted octanol–water partition coefficient (Wildman–Crippen LogP) is 1.44. The average Bonchev–Trinajstić information content (AvgIpc) is 2.18. The highest BCUT2D eigenvalue weighted by atomic mass is 32.2. The normalized spacial score (nSPS) is 12.6. The number of nitrogens with one attached hydrogen (secondary N) is 1. The van der Waals surface area contributed by atoms with E-state index in [1.807, 2.05) is 24.3 Å². The van der Waals surface area contributed by atoms with Crippen molar-refractivity contribution < 1.29 is 8.76 Å². The minimum Gasteiger partial charge on any atom is -0.755 e. The molecule has 0 saturated heterocycles. The highest BCUT2D eigenvalue weighted by Gasteiger charge is 1.99. The van der Waals surface area contributed by atoms with E-state index in [1.165, 1.54) is 0 Å². The molecule has 1 N–H and O–H groups in total. The summed E-state index contributed by atoms with van der Waals surface area (Å²) in [6, 6.07) is 8.96. The molecule has 1 aromatic heterocycles. The molecule has 2 aromatic rings. The zero-order valence-electron chi connectivity index (χ0n) is 7.14. The molecule has 0 aliphatic heterocycles. The summed E-state index contributed by atoms with van der Waals surface area (Å²) in [5.41, 5.74) is 1.31. The molecule has 5 heteroatoms. The van der Waals surface area contributed by atoms with Crippen LogP contribution >= 0.6 is 0 Å². The molecule has 0 bridgehead atoms. The van der Waals surface area contributed by atoms with Gasteiger partial charge in [-0.3, -0.25) is 9.19 Å². The van der Waals surface area contributed by atoms with Gasteiger partial charge in [-0.25, -0.2) is 0 Å². The number of benzene rings is 1. The van der Waals surface area contributed by atoms with Gasteiger partial charge in [0.2, 0.25) is 0 Å². The molecule has 2 rings (SSSR count). The number of para-hydroxylation sites is 1. The van der Waals surface area contributed by atoms with Gasteiger partial charge in [0.25, 0.3) is 0 Å². The Morgan fingerprint density at radius 1 is 1.29 bits per heavy atom. The molecule has 0 amide bonds. The highest BCUT2D eigenvalue weighted by Crippen LogP contribution is 2.20. The number of hydrogen-bond donors (Lipinski definition) is 1. The van der Waals surface area contributed by atoms with Crippen LogP contribution in [0, 0.1) is 0 Å². The fourth-order valence-electron chi connectivity index (χ4n) is 1.27. The zero-order chi connectivity index (χ0) is 9.97. The highest BCUT2D eigenvalue weighted by molar-refractivity contribution is 7.80. The Labute approximate surface area is 83.4 Å². The van der Waals surface area contributed by atoms with Crippen molar-refractivity contribution in [2.45, 2.75) is 0 Å². The van der Waals surface area contributed by atoms with Crippen molar-refractivity contribution in [3.05, 3.63) is 36.5 Å². The van der Waals surface area contributed by atoms with E-state index in [4.69, 9.17) is 0 Å². The Balaban J connectivity index is 2.59. The van der Waals surface area contributed by atoms with E-state index in [0.29, 0.717) is 5.69 Å². The predicted molar refractivity (Wildman–Crippen MR) is 54.3 cm³/mol. The maximum absolute atomic E-state index is 10.5. The summed E-state index contributed by atoms with van der Waals surface area (Å²) >= 11 is -2.30. The van der Waals surface area contributed by atoms with E-state index in [1.54, 1.807) is 12.3 Å². The zero-order valence-corrected chi connectivity index (χ0v) is 7.95. The lowest BCUT2D eigenvalue weighted by molar-refractivity contribution is 0.542. The number of pyridine rings is 1. The van der Waals surface area contributed by atoms with Gasteiger partial charge in [0.15, 0.2) is 0 Å². The van der Waals surface area contributed by atoms with Crippen LogP contribution in [0.15, 0.2) is 36.5 Å². The largest absolute Gasteiger partial charge is 0.755 e. The van der Waals surface area contributed by atoms with Gasteiger partial charge in [0, 0.05) is 22.8 Å². The second-order valence-electron chi connectivity index (χ2n) is 2.71. The van der Waals surface area contributed by atoms with E-state index in [2.05, 4.69) is 9.71 Å². The standard InChI is InChI=1S/C9H8N2O2S/c12-14(13)11-9-5-6-10-8-4-2-1-3-7(8)9/h1-6H,(H,10,11)(H,12,13)/p-1. The number of rotatable bonds is 2. The third kappa shape index (κ3) is 1.73. The van der Waals surface area contributed by atoms with Crippen molar-refractivity contribution in [1.29, 1.82) is 0 Å². The maximum Gasteiger partial charge on any atom is 0.0723 e. The average molecular weight is 207 g/mol. The summed E-state index contributed by atoms with van der Waals surface area (Å²) in [6.07, 6.45) is 1.57. The Kier molecular flexibility index (Phi) is 2.43. The molecule has 4 nitrogen and oxygen atoms in total. The number of fused-ring (bicyclic) bond motifs is 1. The minimum absolute atomic E-state index is 0.545. The third-order valence-electron chi connectivity index (χ3n) is 1.84. The molecule has 1 atom stereocenters. The number of hydrogen-bond acceptors (Lipinski definition) is 3. The molecular formula is C9H7N2O2S-. The third-order valence-corrected chi connectivity index (χ3v) is 2.23. The lowest BCUT2D eigenvalue weighted by Crippen LogP contribution is -2.02. The van der Waals surface area contributed by atoms with E-state index in [0.717, 1.165) is 10.9 Å². The monoisotopic (exact) mass is 207 g/mol. The van der Waals surface area contributed by atoms with Gasteiger partial charge in [0.05, 0.1) is 11.2 Å². The SMILES string of the molecule is O=S([O-])Nc1ccnc2ccccc12. The van der Waals surface area contributed by atoms with Gasteiger partial charge in [0.1, 0.15) is 0 Å². The fourth-order valence-corrected chi connectivity index (χ4v) is 1.63. The molecule has 0 aliphatic rings. The van der Waals surface area contributed by atoms with E-state index < -0.39 is 11.3 Å². The first-order valence-electron chi connectivity index (χ1n) is 3.97. The first-order chi connectivity index (χ1) is 6.77. The first-order valence-corrected chi connectivity index (χ1v) is 5.04. The number of nitrogens with zero attached hydrogens (tertiary/aromatic N) is 1. The van der Waals surface area contributed by atoms with E-state index >= 15 is 0 Å². The van der Waals surface area contributed by atoms with E-state index in [-0.39, 0.29) is 0 Å². The van der Waals surface area contributed by atoms with Crippen molar-refractivity contribution in [2.24, 2.45) is 0 Å². The van der Waals surface area contributed by atoms with Crippen LogP contribution in [-0.4, -0.2) is 13.7 Å². The van der Waals surface area contributed by atoms with Crippen molar-refractivity contribution in [3.63, 3.8) is 0 Å². The van der Waals surface area contributed by atoms with Crippen molar-refractivity contribution >= 4 is 27.9 Å². The molecule has 0 spiro atoms. The van der Waals surface area contributed by atoms with Gasteiger partial charge in [-0.2, -0.15) is 0 Å². The van der Waals surface area contributed by atoms with Crippen LogP contribution in [0.4, 0.5) is 5.69 Å². The summed E-state index contributed by atoms with van der Waals surface area (Å²) in [5.74, 6) is 0. The summed E-state index contributed by atoms with van der Waals surface area (Å²) in [6.45, 7) is 0. The Morgan fingerprint density at radius 3 is 2.86 bits per heavy atom. The summed E-state index contributed by atoms with van der Waals surface area (Å²) in [4.78, 5) is 4.11. The summed E-state index contributed by atoms with van der Waals surface area (Å²) in [5, 5.41) is 0.791. The van der Waals surface area contributed by atoms with Crippen LogP contribution in [0.1, 0.15) is 0 Å². The van der Waals surface area contributed by atoms with Gasteiger partial charge in [-0.05, 0) is 12.1 Å². The van der Waals surface area contributed by atoms with Crippen LogP contribution in [0.2, 0.25) is 0 Å². The number of aromatic nitrogens is 1. The second kappa shape index (κ2) is 3.73. The first kappa shape index (κ1) is 9.11. The smallest absolute Gasteiger partial charge is 0.0723 e. The van der Waals surface area contributed by atoms with Crippen molar-refractivity contribution in [3.8, 4) is 0 Å². The Bertz CT molecular complexity index is 482. The lowest BCUT2D eigenvalue weighted by atomic mass is 10.2. The molecule has 14 heavy (non-hydrogen) atoms. The fraction of sp³-hybridized carbons (Fsp3) is 0. The van der Waals surface area contributed by atoms with Crippen LogP contribution in [0.3, 0.4) is 0 Å². The summed E-state index contributed by atoms with van der Waals surface area (Å²) < 4.78 is 23.3. The van der Waals surface area contributed by atoms with Gasteiger partial charge in [-0.1, -0.05) is 18.2 Å². The molecule has 72 valence electrons.